The zero-order valence-electron chi connectivity index (χ0n) is 17.1. The number of Topliss-reactive ketones (excluding diaryl/α,β-unsaturated/α-hetero) is 1. The van der Waals surface area contributed by atoms with Crippen LogP contribution in [0.15, 0.2) is 76.4 Å². The standard InChI is InChI=1S/C25H22N2O2S2/c1-2-17-10-12-19(13-11-17)23(28)16-31-25-26-20(15-30-25)14-24(29)27-22-9-5-7-18-6-3-4-8-21(18)22/h3-13,15H,2,14,16H2,1H3,(H,27,29). The van der Waals surface area contributed by atoms with Crippen LogP contribution in [0.2, 0.25) is 0 Å². The Labute approximate surface area is 189 Å². The first-order valence-corrected chi connectivity index (χ1v) is 12.0. The summed E-state index contributed by atoms with van der Waals surface area (Å²) >= 11 is 2.88. The highest BCUT2D eigenvalue weighted by Gasteiger charge is 2.12. The number of nitrogens with zero attached hydrogens (tertiary/aromatic N) is 1. The van der Waals surface area contributed by atoms with Gasteiger partial charge in [0.25, 0.3) is 0 Å². The Hall–Kier alpha value is -2.96. The van der Waals surface area contributed by atoms with Crippen LogP contribution in [0.25, 0.3) is 10.8 Å². The lowest BCUT2D eigenvalue weighted by atomic mass is 10.1. The minimum absolute atomic E-state index is 0.0816. The fourth-order valence-electron chi connectivity index (χ4n) is 3.27. The highest BCUT2D eigenvalue weighted by molar-refractivity contribution is 8.01. The number of amides is 1. The number of benzene rings is 3. The third-order valence-corrected chi connectivity index (χ3v) is 7.02. The summed E-state index contributed by atoms with van der Waals surface area (Å²) < 4.78 is 0.798. The number of thioether (sulfide) groups is 1. The number of hydrogen-bond donors (Lipinski definition) is 1. The van der Waals surface area contributed by atoms with Gasteiger partial charge in [-0.3, -0.25) is 9.59 Å². The average Bonchev–Trinajstić information content (AvgIpc) is 3.25. The molecule has 0 atom stereocenters. The van der Waals surface area contributed by atoms with E-state index in [4.69, 9.17) is 0 Å². The quantitative estimate of drug-likeness (QED) is 0.266. The number of aryl methyl sites for hydroxylation is 1. The first-order chi connectivity index (χ1) is 15.1. The maximum atomic E-state index is 12.5. The normalized spacial score (nSPS) is 10.9. The van der Waals surface area contributed by atoms with Crippen LogP contribution >= 0.6 is 23.1 Å². The molecule has 0 aliphatic rings. The van der Waals surface area contributed by atoms with Crippen LogP contribution in [0, 0.1) is 0 Å². The highest BCUT2D eigenvalue weighted by atomic mass is 32.2. The van der Waals surface area contributed by atoms with Crippen molar-refractivity contribution in [2.75, 3.05) is 11.1 Å². The number of nitrogens with one attached hydrogen (secondary N) is 1. The molecule has 4 rings (SSSR count). The summed E-state index contributed by atoms with van der Waals surface area (Å²) in [5.41, 5.74) is 3.45. The Bertz CT molecular complexity index is 1210. The van der Waals surface area contributed by atoms with Crippen LogP contribution in [-0.2, 0) is 17.6 Å². The van der Waals surface area contributed by atoms with E-state index in [2.05, 4.69) is 17.2 Å². The van der Waals surface area contributed by atoms with E-state index >= 15 is 0 Å². The smallest absolute Gasteiger partial charge is 0.230 e. The number of aromatic nitrogens is 1. The molecular weight excluding hydrogens is 424 g/mol. The SMILES string of the molecule is CCc1ccc(C(=O)CSc2nc(CC(=O)Nc3cccc4ccccc34)cs2)cc1. The molecule has 0 spiro atoms. The summed E-state index contributed by atoms with van der Waals surface area (Å²) in [5.74, 6) is 0.309. The van der Waals surface area contributed by atoms with Crippen LogP contribution in [0.4, 0.5) is 5.69 Å². The Morgan fingerprint density at radius 3 is 2.58 bits per heavy atom. The molecule has 1 aromatic heterocycles. The van der Waals surface area contributed by atoms with Crippen molar-refractivity contribution in [2.45, 2.75) is 24.1 Å². The van der Waals surface area contributed by atoms with Crippen molar-refractivity contribution in [3.8, 4) is 0 Å². The van der Waals surface area contributed by atoms with Crippen LogP contribution in [0.1, 0.15) is 28.5 Å². The molecule has 0 aliphatic carbocycles. The summed E-state index contributed by atoms with van der Waals surface area (Å²) in [4.78, 5) is 29.5. The number of fused-ring (bicyclic) bond motifs is 1. The average molecular weight is 447 g/mol. The topological polar surface area (TPSA) is 59.1 Å². The number of thiazole rings is 1. The molecule has 0 unspecified atom stereocenters. The second-order valence-electron chi connectivity index (χ2n) is 7.12. The van der Waals surface area contributed by atoms with Gasteiger partial charge in [0.1, 0.15) is 0 Å². The summed E-state index contributed by atoms with van der Waals surface area (Å²) in [6.45, 7) is 2.09. The van der Waals surface area contributed by atoms with Crippen LogP contribution < -0.4 is 5.32 Å². The maximum absolute atomic E-state index is 12.5. The second kappa shape index (κ2) is 9.90. The second-order valence-corrected chi connectivity index (χ2v) is 9.20. The van der Waals surface area contributed by atoms with Gasteiger partial charge in [0.05, 0.1) is 17.9 Å². The zero-order chi connectivity index (χ0) is 21.6. The number of anilines is 1. The molecule has 4 nitrogen and oxygen atoms in total. The van der Waals surface area contributed by atoms with Crippen LogP contribution in [0.3, 0.4) is 0 Å². The van der Waals surface area contributed by atoms with E-state index in [1.54, 1.807) is 0 Å². The first-order valence-electron chi connectivity index (χ1n) is 10.1. The molecule has 1 amide bonds. The molecule has 3 aromatic carbocycles. The van der Waals surface area contributed by atoms with Gasteiger partial charge in [-0.15, -0.1) is 11.3 Å². The summed E-state index contributed by atoms with van der Waals surface area (Å²) in [6, 6.07) is 21.6. The minimum atomic E-state index is -0.106. The Morgan fingerprint density at radius 1 is 1.00 bits per heavy atom. The van der Waals surface area contributed by atoms with Crippen molar-refractivity contribution in [1.82, 2.24) is 4.98 Å². The lowest BCUT2D eigenvalue weighted by molar-refractivity contribution is -0.115. The Kier molecular flexibility index (Phi) is 6.79. The minimum Gasteiger partial charge on any atom is -0.325 e. The Morgan fingerprint density at radius 2 is 1.77 bits per heavy atom. The summed E-state index contributed by atoms with van der Waals surface area (Å²) in [7, 11) is 0. The molecule has 6 heteroatoms. The van der Waals surface area contributed by atoms with Gasteiger partial charge in [0.2, 0.25) is 5.91 Å². The van der Waals surface area contributed by atoms with Crippen molar-refractivity contribution in [3.63, 3.8) is 0 Å². The van der Waals surface area contributed by atoms with E-state index in [0.29, 0.717) is 11.4 Å². The fourth-order valence-corrected chi connectivity index (χ4v) is 5.01. The Balaban J connectivity index is 1.33. The molecule has 1 N–H and O–H groups in total. The highest BCUT2D eigenvalue weighted by Crippen LogP contribution is 2.25. The van der Waals surface area contributed by atoms with Gasteiger partial charge >= 0.3 is 0 Å². The number of carbonyl (C=O) groups is 2. The van der Waals surface area contributed by atoms with E-state index in [-0.39, 0.29) is 18.1 Å². The number of ketones is 1. The molecular formula is C25H22N2O2S2. The molecule has 0 radical (unpaired) electrons. The summed E-state index contributed by atoms with van der Waals surface area (Å²) in [6.07, 6.45) is 1.16. The maximum Gasteiger partial charge on any atom is 0.230 e. The van der Waals surface area contributed by atoms with E-state index < -0.39 is 0 Å². The van der Waals surface area contributed by atoms with Crippen molar-refractivity contribution in [3.05, 3.63) is 88.9 Å². The number of carbonyl (C=O) groups excluding carboxylic acids is 2. The van der Waals surface area contributed by atoms with Crippen molar-refractivity contribution in [2.24, 2.45) is 0 Å². The van der Waals surface area contributed by atoms with Gasteiger partial charge in [-0.25, -0.2) is 4.98 Å². The molecule has 0 saturated heterocycles. The predicted molar refractivity (Wildman–Crippen MR) is 129 cm³/mol. The summed E-state index contributed by atoms with van der Waals surface area (Å²) in [5, 5.41) is 6.97. The third-order valence-electron chi connectivity index (χ3n) is 4.95. The third kappa shape index (κ3) is 5.40. The van der Waals surface area contributed by atoms with Crippen molar-refractivity contribution < 1.29 is 9.59 Å². The number of hydrogen-bond acceptors (Lipinski definition) is 5. The lowest BCUT2D eigenvalue weighted by Crippen LogP contribution is -2.14. The molecule has 0 saturated carbocycles. The number of rotatable bonds is 8. The van der Waals surface area contributed by atoms with Crippen LogP contribution in [0.5, 0.6) is 0 Å². The van der Waals surface area contributed by atoms with E-state index in [1.165, 1.54) is 28.7 Å². The van der Waals surface area contributed by atoms with Crippen molar-refractivity contribution >= 4 is 51.2 Å². The predicted octanol–water partition coefficient (Wildman–Crippen LogP) is 6.01. The monoisotopic (exact) mass is 446 g/mol. The van der Waals surface area contributed by atoms with E-state index in [1.807, 2.05) is 72.1 Å². The molecule has 0 fully saturated rings. The molecule has 1 heterocycles. The zero-order valence-corrected chi connectivity index (χ0v) is 18.8. The molecule has 0 bridgehead atoms. The largest absolute Gasteiger partial charge is 0.325 e. The van der Waals surface area contributed by atoms with Crippen molar-refractivity contribution in [1.29, 1.82) is 0 Å². The fraction of sp³-hybridized carbons (Fsp3) is 0.160. The molecule has 0 aliphatic heterocycles. The van der Waals surface area contributed by atoms with E-state index in [9.17, 15) is 9.59 Å². The van der Waals surface area contributed by atoms with Gasteiger partial charge in [0, 0.05) is 22.0 Å². The molecule has 4 aromatic rings. The van der Waals surface area contributed by atoms with Gasteiger partial charge in [0.15, 0.2) is 10.1 Å². The molecule has 156 valence electrons. The lowest BCUT2D eigenvalue weighted by Gasteiger charge is -2.08. The van der Waals surface area contributed by atoms with Gasteiger partial charge < -0.3 is 5.32 Å². The van der Waals surface area contributed by atoms with Gasteiger partial charge in [-0.1, -0.05) is 79.3 Å². The van der Waals surface area contributed by atoms with Gasteiger partial charge in [-0.2, -0.15) is 0 Å². The van der Waals surface area contributed by atoms with E-state index in [0.717, 1.165) is 32.8 Å². The molecule has 31 heavy (non-hydrogen) atoms. The first kappa shape index (κ1) is 21.3. The van der Waals surface area contributed by atoms with Crippen LogP contribution in [-0.4, -0.2) is 22.4 Å². The van der Waals surface area contributed by atoms with Gasteiger partial charge in [-0.05, 0) is 23.4 Å².